The maximum atomic E-state index is 13.8. The summed E-state index contributed by atoms with van der Waals surface area (Å²) in [5, 5.41) is 3.39. The van der Waals surface area contributed by atoms with E-state index in [1.54, 1.807) is 25.3 Å². The van der Waals surface area contributed by atoms with Crippen LogP contribution in [0.5, 0.6) is 0 Å². The highest BCUT2D eigenvalue weighted by molar-refractivity contribution is 5.98. The summed E-state index contributed by atoms with van der Waals surface area (Å²) in [6, 6.07) is 3.36. The Hall–Kier alpha value is -2.94. The van der Waals surface area contributed by atoms with Gasteiger partial charge in [0, 0.05) is 43.4 Å². The standard InChI is InChI=1S/C19H21F2N5O2/c1-5-26-9-13(14-6-11(2)23-18(24-14)19(3,20)21)12-7-16(22-8-15(12)26)25-17(27)10-28-4/h6-9H,5,10H2,1-4H3,(H,22,25,27). The number of halogens is 2. The third-order valence-corrected chi connectivity index (χ3v) is 4.17. The van der Waals surface area contributed by atoms with Crippen LogP contribution in [0, 0.1) is 6.92 Å². The lowest BCUT2D eigenvalue weighted by molar-refractivity contribution is -0.119. The first-order valence-electron chi connectivity index (χ1n) is 8.75. The van der Waals surface area contributed by atoms with Gasteiger partial charge in [0.05, 0.1) is 17.4 Å². The Balaban J connectivity index is 2.15. The van der Waals surface area contributed by atoms with Gasteiger partial charge in [-0.2, -0.15) is 8.78 Å². The summed E-state index contributed by atoms with van der Waals surface area (Å²) in [7, 11) is 1.42. The van der Waals surface area contributed by atoms with E-state index in [0.29, 0.717) is 29.3 Å². The van der Waals surface area contributed by atoms with E-state index in [2.05, 4.69) is 20.3 Å². The van der Waals surface area contributed by atoms with Crippen molar-refractivity contribution in [3.05, 3.63) is 36.0 Å². The predicted molar refractivity (Wildman–Crippen MR) is 101 cm³/mol. The number of hydrogen-bond acceptors (Lipinski definition) is 5. The van der Waals surface area contributed by atoms with Crippen LogP contribution >= 0.6 is 0 Å². The van der Waals surface area contributed by atoms with E-state index in [0.717, 1.165) is 17.8 Å². The molecule has 1 N–H and O–H groups in total. The molecule has 3 aromatic heterocycles. The maximum absolute atomic E-state index is 13.8. The SMILES string of the molecule is CCn1cc(-c2cc(C)nc(C(C)(F)F)n2)c2cc(NC(=O)COC)ncc21. The van der Waals surface area contributed by atoms with Gasteiger partial charge in [-0.25, -0.2) is 15.0 Å². The molecule has 0 aliphatic carbocycles. The van der Waals surface area contributed by atoms with E-state index in [-0.39, 0.29) is 12.5 Å². The zero-order valence-electron chi connectivity index (χ0n) is 16.1. The average Bonchev–Trinajstić information content (AvgIpc) is 2.98. The Morgan fingerprint density at radius 1 is 1.32 bits per heavy atom. The summed E-state index contributed by atoms with van der Waals surface area (Å²) in [4.78, 5) is 24.0. The molecule has 0 aliphatic rings. The van der Waals surface area contributed by atoms with Crippen LogP contribution in [-0.2, 0) is 22.0 Å². The Bertz CT molecular complexity index is 1030. The van der Waals surface area contributed by atoms with Crippen molar-refractivity contribution in [1.29, 1.82) is 0 Å². The van der Waals surface area contributed by atoms with Gasteiger partial charge >= 0.3 is 5.92 Å². The highest BCUT2D eigenvalue weighted by Crippen LogP contribution is 2.33. The third kappa shape index (κ3) is 3.99. The smallest absolute Gasteiger partial charge is 0.303 e. The Morgan fingerprint density at radius 2 is 2.07 bits per heavy atom. The van der Waals surface area contributed by atoms with Gasteiger partial charge in [-0.15, -0.1) is 0 Å². The van der Waals surface area contributed by atoms with E-state index in [9.17, 15) is 13.6 Å². The number of aromatic nitrogens is 4. The van der Waals surface area contributed by atoms with Crippen LogP contribution < -0.4 is 5.32 Å². The lowest BCUT2D eigenvalue weighted by atomic mass is 10.1. The van der Waals surface area contributed by atoms with E-state index < -0.39 is 11.7 Å². The van der Waals surface area contributed by atoms with Crippen molar-refractivity contribution in [2.75, 3.05) is 19.0 Å². The Kier molecular flexibility index (Phi) is 5.37. The first kappa shape index (κ1) is 19.8. The first-order valence-corrected chi connectivity index (χ1v) is 8.75. The molecule has 0 unspecified atom stereocenters. The molecule has 3 heterocycles. The number of nitrogens with one attached hydrogen (secondary N) is 1. The van der Waals surface area contributed by atoms with E-state index in [1.165, 1.54) is 7.11 Å². The number of methoxy groups -OCH3 is 1. The van der Waals surface area contributed by atoms with Gasteiger partial charge in [-0.1, -0.05) is 0 Å². The highest BCUT2D eigenvalue weighted by atomic mass is 19.3. The van der Waals surface area contributed by atoms with Gasteiger partial charge in [0.1, 0.15) is 12.4 Å². The number of carbonyl (C=O) groups excluding carboxylic acids is 1. The summed E-state index contributed by atoms with van der Waals surface area (Å²) >= 11 is 0. The number of rotatable bonds is 6. The molecule has 7 nitrogen and oxygen atoms in total. The molecule has 0 fully saturated rings. The van der Waals surface area contributed by atoms with Gasteiger partial charge in [0.2, 0.25) is 0 Å². The quantitative estimate of drug-likeness (QED) is 0.698. The van der Waals surface area contributed by atoms with Gasteiger partial charge in [0.15, 0.2) is 5.82 Å². The molecule has 0 saturated carbocycles. The fraction of sp³-hybridized carbons (Fsp3) is 0.368. The molecule has 0 radical (unpaired) electrons. The monoisotopic (exact) mass is 389 g/mol. The number of hydrogen-bond donors (Lipinski definition) is 1. The molecule has 0 aliphatic heterocycles. The minimum atomic E-state index is -3.15. The lowest BCUT2D eigenvalue weighted by Crippen LogP contribution is -2.17. The van der Waals surface area contributed by atoms with Crippen molar-refractivity contribution in [1.82, 2.24) is 19.5 Å². The number of carbonyl (C=O) groups is 1. The maximum Gasteiger partial charge on any atom is 0.303 e. The summed E-state index contributed by atoms with van der Waals surface area (Å²) < 4.78 is 34.3. The molecule has 28 heavy (non-hydrogen) atoms. The number of aryl methyl sites for hydroxylation is 2. The summed E-state index contributed by atoms with van der Waals surface area (Å²) in [5.41, 5.74) is 2.31. The lowest BCUT2D eigenvalue weighted by Gasteiger charge is -2.11. The number of pyridine rings is 1. The zero-order valence-corrected chi connectivity index (χ0v) is 16.1. The molecule has 0 atom stereocenters. The van der Waals surface area contributed by atoms with Gasteiger partial charge in [-0.05, 0) is 26.0 Å². The zero-order chi connectivity index (χ0) is 20.5. The van der Waals surface area contributed by atoms with E-state index in [4.69, 9.17) is 4.74 Å². The number of fused-ring (bicyclic) bond motifs is 1. The Morgan fingerprint density at radius 3 is 2.71 bits per heavy atom. The van der Waals surface area contributed by atoms with Crippen LogP contribution in [0.2, 0.25) is 0 Å². The minimum Gasteiger partial charge on any atom is -0.375 e. The number of nitrogens with zero attached hydrogens (tertiary/aromatic N) is 4. The van der Waals surface area contributed by atoms with Crippen molar-refractivity contribution in [3.63, 3.8) is 0 Å². The average molecular weight is 389 g/mol. The minimum absolute atomic E-state index is 0.0946. The van der Waals surface area contributed by atoms with Crippen LogP contribution in [0.15, 0.2) is 24.5 Å². The topological polar surface area (TPSA) is 81.9 Å². The fourth-order valence-corrected chi connectivity index (χ4v) is 2.93. The van der Waals surface area contributed by atoms with Gasteiger partial charge < -0.3 is 14.6 Å². The van der Waals surface area contributed by atoms with Crippen molar-refractivity contribution >= 4 is 22.6 Å². The number of amides is 1. The second-order valence-corrected chi connectivity index (χ2v) is 6.50. The van der Waals surface area contributed by atoms with E-state index >= 15 is 0 Å². The summed E-state index contributed by atoms with van der Waals surface area (Å²) in [6.07, 6.45) is 3.47. The van der Waals surface area contributed by atoms with Crippen molar-refractivity contribution < 1.29 is 18.3 Å². The van der Waals surface area contributed by atoms with Crippen LogP contribution in [0.25, 0.3) is 22.2 Å². The molecular formula is C19H21F2N5O2. The molecule has 0 aromatic carbocycles. The molecule has 3 aromatic rings. The summed E-state index contributed by atoms with van der Waals surface area (Å²) in [6.45, 7) is 4.96. The van der Waals surface area contributed by atoms with Crippen molar-refractivity contribution in [2.24, 2.45) is 0 Å². The van der Waals surface area contributed by atoms with Crippen LogP contribution in [0.1, 0.15) is 25.4 Å². The molecule has 148 valence electrons. The van der Waals surface area contributed by atoms with Gasteiger partial charge in [0.25, 0.3) is 5.91 Å². The normalized spacial score (nSPS) is 11.8. The molecule has 3 rings (SSSR count). The van der Waals surface area contributed by atoms with Crippen molar-refractivity contribution in [3.8, 4) is 11.3 Å². The van der Waals surface area contributed by atoms with Crippen LogP contribution in [-0.4, -0.2) is 39.1 Å². The number of alkyl halides is 2. The molecule has 0 saturated heterocycles. The molecule has 1 amide bonds. The first-order chi connectivity index (χ1) is 13.2. The largest absolute Gasteiger partial charge is 0.375 e. The third-order valence-electron chi connectivity index (χ3n) is 4.17. The van der Waals surface area contributed by atoms with Crippen LogP contribution in [0.4, 0.5) is 14.6 Å². The van der Waals surface area contributed by atoms with E-state index in [1.807, 2.05) is 17.7 Å². The molecule has 0 bridgehead atoms. The molecular weight excluding hydrogens is 368 g/mol. The van der Waals surface area contributed by atoms with Gasteiger partial charge in [-0.3, -0.25) is 4.79 Å². The number of ether oxygens (including phenoxy) is 1. The Labute approximate surface area is 160 Å². The van der Waals surface area contributed by atoms with Crippen LogP contribution in [0.3, 0.4) is 0 Å². The molecule has 9 heteroatoms. The number of anilines is 1. The molecule has 0 spiro atoms. The van der Waals surface area contributed by atoms with Crippen molar-refractivity contribution in [2.45, 2.75) is 33.2 Å². The summed E-state index contributed by atoms with van der Waals surface area (Å²) in [5.74, 6) is -3.67. The fourth-order valence-electron chi connectivity index (χ4n) is 2.93. The second-order valence-electron chi connectivity index (χ2n) is 6.50. The predicted octanol–water partition coefficient (Wildman–Crippen LogP) is 3.52. The second kappa shape index (κ2) is 7.59. The highest BCUT2D eigenvalue weighted by Gasteiger charge is 2.29.